The predicted molar refractivity (Wildman–Crippen MR) is 215 cm³/mol. The van der Waals surface area contributed by atoms with Crippen LogP contribution in [0.2, 0.25) is 0 Å². The highest BCUT2D eigenvalue weighted by atomic mass is 32.1. The first-order valence-electron chi connectivity index (χ1n) is 17.6. The first-order chi connectivity index (χ1) is 24.3. The van der Waals surface area contributed by atoms with Gasteiger partial charge in [0.15, 0.2) is 0 Å². The van der Waals surface area contributed by atoms with Crippen LogP contribution in [0, 0.1) is 0 Å². The largest absolute Gasteiger partial charge is 0.310 e. The fourth-order valence-corrected chi connectivity index (χ4v) is 10.3. The van der Waals surface area contributed by atoms with Gasteiger partial charge in [0.05, 0.1) is 11.4 Å². The fourth-order valence-electron chi connectivity index (χ4n) is 9.12. The third kappa shape index (κ3) is 4.00. The van der Waals surface area contributed by atoms with E-state index in [1.807, 2.05) is 11.3 Å². The number of para-hydroxylation sites is 1. The highest BCUT2D eigenvalue weighted by Crippen LogP contribution is 2.56. The molecule has 240 valence electrons. The van der Waals surface area contributed by atoms with Crippen molar-refractivity contribution in [2.24, 2.45) is 0 Å². The van der Waals surface area contributed by atoms with Gasteiger partial charge < -0.3 is 4.90 Å². The molecule has 0 amide bonds. The minimum Gasteiger partial charge on any atom is -0.310 e. The van der Waals surface area contributed by atoms with Crippen LogP contribution in [-0.2, 0) is 10.8 Å². The molecule has 1 heterocycles. The summed E-state index contributed by atoms with van der Waals surface area (Å²) < 4.78 is 2.65. The maximum atomic E-state index is 2.56. The van der Waals surface area contributed by atoms with Crippen LogP contribution >= 0.6 is 11.3 Å². The molecule has 1 aromatic heterocycles. The topological polar surface area (TPSA) is 3.24 Å². The molecule has 0 radical (unpaired) electrons. The van der Waals surface area contributed by atoms with E-state index in [1.165, 1.54) is 92.9 Å². The Hall–Kier alpha value is -5.44. The molecular weight excluding hydrogens is 623 g/mol. The molecule has 1 nitrogen and oxygen atoms in total. The summed E-state index contributed by atoms with van der Waals surface area (Å²) in [5.41, 5.74) is 16.7. The smallest absolute Gasteiger partial charge is 0.0540 e. The third-order valence-electron chi connectivity index (χ3n) is 11.5. The van der Waals surface area contributed by atoms with Gasteiger partial charge in [0.1, 0.15) is 0 Å². The lowest BCUT2D eigenvalue weighted by molar-refractivity contribution is 0.660. The zero-order chi connectivity index (χ0) is 33.8. The minimum atomic E-state index is -0.174. The number of benzene rings is 7. The number of hydrogen-bond acceptors (Lipinski definition) is 2. The van der Waals surface area contributed by atoms with Crippen LogP contribution in [0.25, 0.3) is 53.6 Å². The SMILES string of the molecule is CC1(C)c2ccccc2-c2cc(N(c3ccccc3-c3cccc4c3sc3ccccc34)c3cccc4c3C(C)(C)c3ccccc3-4)ccc21. The van der Waals surface area contributed by atoms with Crippen molar-refractivity contribution in [3.8, 4) is 33.4 Å². The molecule has 8 aromatic rings. The van der Waals surface area contributed by atoms with Crippen molar-refractivity contribution in [1.29, 1.82) is 0 Å². The summed E-state index contributed by atoms with van der Waals surface area (Å²) in [7, 11) is 0. The molecule has 0 saturated carbocycles. The molecule has 50 heavy (non-hydrogen) atoms. The average molecular weight is 660 g/mol. The molecule has 0 fully saturated rings. The maximum absolute atomic E-state index is 2.56. The predicted octanol–water partition coefficient (Wildman–Crippen LogP) is 13.8. The molecule has 0 spiro atoms. The van der Waals surface area contributed by atoms with E-state index >= 15 is 0 Å². The summed E-state index contributed by atoms with van der Waals surface area (Å²) in [6.07, 6.45) is 0. The van der Waals surface area contributed by atoms with Crippen LogP contribution < -0.4 is 4.90 Å². The van der Waals surface area contributed by atoms with Gasteiger partial charge in [-0.25, -0.2) is 0 Å². The zero-order valence-corrected chi connectivity index (χ0v) is 29.6. The van der Waals surface area contributed by atoms with E-state index in [9.17, 15) is 0 Å². The molecule has 2 aliphatic carbocycles. The van der Waals surface area contributed by atoms with Crippen molar-refractivity contribution < 1.29 is 0 Å². The monoisotopic (exact) mass is 659 g/mol. The summed E-state index contributed by atoms with van der Waals surface area (Å²) >= 11 is 1.90. The number of hydrogen-bond donors (Lipinski definition) is 0. The minimum absolute atomic E-state index is 0.0539. The lowest BCUT2D eigenvalue weighted by Crippen LogP contribution is -2.21. The molecule has 2 aliphatic rings. The van der Waals surface area contributed by atoms with Crippen molar-refractivity contribution in [2.75, 3.05) is 4.90 Å². The highest BCUT2D eigenvalue weighted by molar-refractivity contribution is 7.26. The molecule has 0 atom stereocenters. The van der Waals surface area contributed by atoms with E-state index in [1.54, 1.807) is 0 Å². The molecule has 7 aromatic carbocycles. The van der Waals surface area contributed by atoms with Gasteiger partial charge >= 0.3 is 0 Å². The van der Waals surface area contributed by atoms with E-state index in [4.69, 9.17) is 0 Å². The van der Waals surface area contributed by atoms with Crippen LogP contribution in [0.1, 0.15) is 49.9 Å². The normalized spacial score (nSPS) is 14.7. The summed E-state index contributed by atoms with van der Waals surface area (Å²) in [5, 5.41) is 2.64. The number of anilines is 3. The standard InChI is InChI=1S/C48H37NS/c1-47(2)39-22-9-6-16-32(39)38-29-30(27-28-41(38)47)49(43-25-14-19-35-31-15-5-10-23-40(31)48(3,4)45(35)43)42-24-11-7-17-33(42)36-20-13-21-37-34-18-8-12-26-44(34)50-46(36)37/h5-29H,1-4H3. The third-order valence-corrected chi connectivity index (χ3v) is 12.7. The quantitative estimate of drug-likeness (QED) is 0.182. The van der Waals surface area contributed by atoms with Crippen LogP contribution in [0.5, 0.6) is 0 Å². The van der Waals surface area contributed by atoms with E-state index in [0.717, 1.165) is 0 Å². The summed E-state index contributed by atoms with van der Waals surface area (Å²) in [5.74, 6) is 0. The molecule has 10 rings (SSSR count). The lowest BCUT2D eigenvalue weighted by atomic mass is 9.81. The van der Waals surface area contributed by atoms with Crippen LogP contribution in [0.4, 0.5) is 17.1 Å². The first-order valence-corrected chi connectivity index (χ1v) is 18.4. The van der Waals surface area contributed by atoms with Crippen molar-refractivity contribution in [3.63, 3.8) is 0 Å². The van der Waals surface area contributed by atoms with E-state index in [0.29, 0.717) is 0 Å². The van der Waals surface area contributed by atoms with Crippen molar-refractivity contribution >= 4 is 48.6 Å². The van der Waals surface area contributed by atoms with Crippen LogP contribution in [-0.4, -0.2) is 0 Å². The van der Waals surface area contributed by atoms with Crippen molar-refractivity contribution in [3.05, 3.63) is 174 Å². The molecule has 0 saturated heterocycles. The van der Waals surface area contributed by atoms with Gasteiger partial charge in [-0.3, -0.25) is 0 Å². The Kier molecular flexibility index (Phi) is 6.21. The second-order valence-electron chi connectivity index (χ2n) is 14.9. The Morgan fingerprint density at radius 3 is 1.80 bits per heavy atom. The molecule has 0 N–H and O–H groups in total. The van der Waals surface area contributed by atoms with E-state index < -0.39 is 0 Å². The average Bonchev–Trinajstić information content (AvgIpc) is 3.72. The zero-order valence-electron chi connectivity index (χ0n) is 28.8. The van der Waals surface area contributed by atoms with E-state index in [2.05, 4.69) is 184 Å². The summed E-state index contributed by atoms with van der Waals surface area (Å²) in [6, 6.07) is 56.7. The Morgan fingerprint density at radius 2 is 0.980 bits per heavy atom. The molecular formula is C48H37NS. The molecule has 0 unspecified atom stereocenters. The summed E-state index contributed by atoms with van der Waals surface area (Å²) in [6.45, 7) is 9.51. The van der Waals surface area contributed by atoms with Gasteiger partial charge in [0, 0.05) is 47.8 Å². The van der Waals surface area contributed by atoms with Gasteiger partial charge in [0.25, 0.3) is 0 Å². The molecule has 2 heteroatoms. The number of rotatable bonds is 4. The van der Waals surface area contributed by atoms with Gasteiger partial charge in [0.2, 0.25) is 0 Å². The Balaban J connectivity index is 1.27. The number of fused-ring (bicyclic) bond motifs is 9. The van der Waals surface area contributed by atoms with E-state index in [-0.39, 0.29) is 10.8 Å². The first kappa shape index (κ1) is 29.5. The molecule has 0 bridgehead atoms. The molecule has 0 aliphatic heterocycles. The lowest BCUT2D eigenvalue weighted by Gasteiger charge is -2.34. The van der Waals surface area contributed by atoms with Gasteiger partial charge in [-0.05, 0) is 74.8 Å². The summed E-state index contributed by atoms with van der Waals surface area (Å²) in [4.78, 5) is 2.56. The van der Waals surface area contributed by atoms with Crippen molar-refractivity contribution in [1.82, 2.24) is 0 Å². The number of nitrogens with zero attached hydrogens (tertiary/aromatic N) is 1. The van der Waals surface area contributed by atoms with Crippen LogP contribution in [0.15, 0.2) is 152 Å². The Morgan fingerprint density at radius 1 is 0.420 bits per heavy atom. The highest BCUT2D eigenvalue weighted by Gasteiger charge is 2.40. The Labute approximate surface area is 298 Å². The second kappa shape index (κ2) is 10.5. The maximum Gasteiger partial charge on any atom is 0.0540 e. The van der Waals surface area contributed by atoms with Gasteiger partial charge in [-0.2, -0.15) is 0 Å². The second-order valence-corrected chi connectivity index (χ2v) is 16.0. The van der Waals surface area contributed by atoms with Crippen molar-refractivity contribution in [2.45, 2.75) is 38.5 Å². The Bertz CT molecular complexity index is 2670. The van der Waals surface area contributed by atoms with Crippen LogP contribution in [0.3, 0.4) is 0 Å². The number of thiophene rings is 1. The van der Waals surface area contributed by atoms with Gasteiger partial charge in [-0.15, -0.1) is 11.3 Å². The fraction of sp³-hybridized carbons (Fsp3) is 0.125. The van der Waals surface area contributed by atoms with Gasteiger partial charge in [-0.1, -0.05) is 149 Å².